The van der Waals surface area contributed by atoms with E-state index >= 15 is 0 Å². The lowest BCUT2D eigenvalue weighted by molar-refractivity contribution is 0.379. The minimum Gasteiger partial charge on any atom is -0.318 e. The van der Waals surface area contributed by atoms with Crippen LogP contribution in [0.3, 0.4) is 0 Å². The van der Waals surface area contributed by atoms with Crippen LogP contribution in [-0.4, -0.2) is 48.9 Å². The SMILES string of the molecule is CNCC1CCCN1S(=O)(=O)c1cnc(-c2ccccc2)nc1. The predicted octanol–water partition coefficient (Wildman–Crippen LogP) is 1.52. The Labute approximate surface area is 136 Å². The molecule has 1 fully saturated rings. The maximum absolute atomic E-state index is 12.8. The number of hydrogen-bond donors (Lipinski definition) is 1. The summed E-state index contributed by atoms with van der Waals surface area (Å²) < 4.78 is 27.1. The van der Waals surface area contributed by atoms with Crippen LogP contribution in [0.1, 0.15) is 12.8 Å². The molecular formula is C16H20N4O2S. The Balaban J connectivity index is 1.86. The van der Waals surface area contributed by atoms with E-state index < -0.39 is 10.0 Å². The van der Waals surface area contributed by atoms with E-state index in [2.05, 4.69) is 15.3 Å². The molecule has 1 aliphatic heterocycles. The first-order chi connectivity index (χ1) is 11.1. The molecule has 1 N–H and O–H groups in total. The normalized spacial score (nSPS) is 19.1. The van der Waals surface area contributed by atoms with Crippen LogP contribution in [0.15, 0.2) is 47.6 Å². The van der Waals surface area contributed by atoms with Crippen molar-refractivity contribution in [2.45, 2.75) is 23.8 Å². The minimum atomic E-state index is -3.54. The van der Waals surface area contributed by atoms with Crippen molar-refractivity contribution >= 4 is 10.0 Å². The molecule has 3 rings (SSSR count). The smallest absolute Gasteiger partial charge is 0.246 e. The van der Waals surface area contributed by atoms with Crippen LogP contribution in [0.4, 0.5) is 0 Å². The first-order valence-electron chi connectivity index (χ1n) is 7.67. The zero-order valence-corrected chi connectivity index (χ0v) is 13.8. The predicted molar refractivity (Wildman–Crippen MR) is 88.3 cm³/mol. The van der Waals surface area contributed by atoms with Gasteiger partial charge in [0.2, 0.25) is 10.0 Å². The lowest BCUT2D eigenvalue weighted by atomic mass is 10.2. The zero-order valence-electron chi connectivity index (χ0n) is 13.0. The Morgan fingerprint density at radius 2 is 1.91 bits per heavy atom. The molecule has 2 heterocycles. The van der Waals surface area contributed by atoms with Gasteiger partial charge in [0.15, 0.2) is 5.82 Å². The average molecular weight is 332 g/mol. The fourth-order valence-electron chi connectivity index (χ4n) is 2.89. The number of likely N-dealkylation sites (N-methyl/N-ethyl adjacent to an activating group) is 1. The Hall–Kier alpha value is -1.83. The lowest BCUT2D eigenvalue weighted by Crippen LogP contribution is -2.40. The highest BCUT2D eigenvalue weighted by molar-refractivity contribution is 7.89. The van der Waals surface area contributed by atoms with Gasteiger partial charge in [-0.2, -0.15) is 4.31 Å². The fourth-order valence-corrected chi connectivity index (χ4v) is 4.47. The summed E-state index contributed by atoms with van der Waals surface area (Å²) in [4.78, 5) is 8.60. The number of nitrogens with one attached hydrogen (secondary N) is 1. The first-order valence-corrected chi connectivity index (χ1v) is 9.11. The third-order valence-corrected chi connectivity index (χ3v) is 5.93. The summed E-state index contributed by atoms with van der Waals surface area (Å²) in [5.74, 6) is 0.526. The van der Waals surface area contributed by atoms with Gasteiger partial charge in [-0.25, -0.2) is 18.4 Å². The topological polar surface area (TPSA) is 75.2 Å². The second kappa shape index (κ2) is 6.74. The minimum absolute atomic E-state index is 0.00111. The molecule has 0 spiro atoms. The zero-order chi connectivity index (χ0) is 16.3. The molecule has 0 radical (unpaired) electrons. The molecule has 1 saturated heterocycles. The van der Waals surface area contributed by atoms with Crippen LogP contribution >= 0.6 is 0 Å². The lowest BCUT2D eigenvalue weighted by Gasteiger charge is -2.23. The van der Waals surface area contributed by atoms with Gasteiger partial charge in [0.05, 0.1) is 12.4 Å². The van der Waals surface area contributed by atoms with Gasteiger partial charge >= 0.3 is 0 Å². The maximum Gasteiger partial charge on any atom is 0.246 e. The van der Waals surface area contributed by atoms with Gasteiger partial charge in [-0.05, 0) is 19.9 Å². The van der Waals surface area contributed by atoms with E-state index in [1.54, 1.807) is 4.31 Å². The summed E-state index contributed by atoms with van der Waals surface area (Å²) in [7, 11) is -1.71. The highest BCUT2D eigenvalue weighted by atomic mass is 32.2. The monoisotopic (exact) mass is 332 g/mol. The third kappa shape index (κ3) is 3.26. The van der Waals surface area contributed by atoms with Crippen molar-refractivity contribution in [3.63, 3.8) is 0 Å². The molecular weight excluding hydrogens is 312 g/mol. The Bertz CT molecular complexity index is 747. The number of aromatic nitrogens is 2. The van der Waals surface area contributed by atoms with E-state index in [1.165, 1.54) is 12.4 Å². The van der Waals surface area contributed by atoms with Crippen LogP contribution in [-0.2, 0) is 10.0 Å². The summed E-state index contributed by atoms with van der Waals surface area (Å²) in [5, 5.41) is 3.06. The van der Waals surface area contributed by atoms with Gasteiger partial charge in [0.1, 0.15) is 4.90 Å². The van der Waals surface area contributed by atoms with Gasteiger partial charge in [-0.15, -0.1) is 0 Å². The van der Waals surface area contributed by atoms with E-state index in [1.807, 2.05) is 37.4 Å². The summed E-state index contributed by atoms with van der Waals surface area (Å²) in [5.41, 5.74) is 0.866. The molecule has 1 unspecified atom stereocenters. The highest BCUT2D eigenvalue weighted by Gasteiger charge is 2.35. The van der Waals surface area contributed by atoms with Gasteiger partial charge in [-0.3, -0.25) is 0 Å². The van der Waals surface area contributed by atoms with Crippen LogP contribution < -0.4 is 5.32 Å². The summed E-state index contributed by atoms with van der Waals surface area (Å²) in [6.07, 6.45) is 4.57. The molecule has 2 aromatic rings. The summed E-state index contributed by atoms with van der Waals surface area (Å²) >= 11 is 0. The number of rotatable bonds is 5. The molecule has 0 aliphatic carbocycles. The Morgan fingerprint density at radius 3 is 2.57 bits per heavy atom. The third-order valence-electron chi connectivity index (χ3n) is 4.03. The standard InChI is InChI=1S/C16H20N4O2S/c1-17-10-14-8-5-9-20(14)23(21,22)15-11-18-16(19-12-15)13-6-3-2-4-7-13/h2-4,6-7,11-12,14,17H,5,8-10H2,1H3. The van der Waals surface area contributed by atoms with Crippen LogP contribution in [0.2, 0.25) is 0 Å². The molecule has 23 heavy (non-hydrogen) atoms. The van der Waals surface area contributed by atoms with Crippen molar-refractivity contribution in [2.75, 3.05) is 20.1 Å². The summed E-state index contributed by atoms with van der Waals surface area (Å²) in [6.45, 7) is 1.21. The first kappa shape index (κ1) is 16.0. The molecule has 1 aliphatic rings. The van der Waals surface area contributed by atoms with Gasteiger partial charge in [0.25, 0.3) is 0 Å². The van der Waals surface area contributed by atoms with Crippen molar-refractivity contribution in [1.29, 1.82) is 0 Å². The van der Waals surface area contributed by atoms with Crippen molar-refractivity contribution in [1.82, 2.24) is 19.6 Å². The maximum atomic E-state index is 12.8. The molecule has 0 saturated carbocycles. The van der Waals surface area contributed by atoms with Crippen molar-refractivity contribution in [3.05, 3.63) is 42.7 Å². The number of benzene rings is 1. The molecule has 6 nitrogen and oxygen atoms in total. The molecule has 7 heteroatoms. The second-order valence-corrected chi connectivity index (χ2v) is 7.47. The average Bonchev–Trinajstić information content (AvgIpc) is 3.05. The van der Waals surface area contributed by atoms with E-state index in [0.717, 1.165) is 18.4 Å². The van der Waals surface area contributed by atoms with E-state index in [0.29, 0.717) is 18.9 Å². The van der Waals surface area contributed by atoms with Gasteiger partial charge in [0, 0.05) is 24.7 Å². The molecule has 1 atom stereocenters. The summed E-state index contributed by atoms with van der Waals surface area (Å²) in [6, 6.07) is 9.50. The molecule has 0 bridgehead atoms. The highest BCUT2D eigenvalue weighted by Crippen LogP contribution is 2.25. The van der Waals surface area contributed by atoms with Gasteiger partial charge < -0.3 is 5.32 Å². The molecule has 0 amide bonds. The molecule has 1 aromatic carbocycles. The Morgan fingerprint density at radius 1 is 1.22 bits per heavy atom. The van der Waals surface area contributed by atoms with Gasteiger partial charge in [-0.1, -0.05) is 30.3 Å². The van der Waals surface area contributed by atoms with Crippen LogP contribution in [0.5, 0.6) is 0 Å². The van der Waals surface area contributed by atoms with E-state index in [4.69, 9.17) is 0 Å². The van der Waals surface area contributed by atoms with E-state index in [-0.39, 0.29) is 10.9 Å². The number of sulfonamides is 1. The quantitative estimate of drug-likeness (QED) is 0.898. The van der Waals surface area contributed by atoms with Crippen molar-refractivity contribution in [3.8, 4) is 11.4 Å². The van der Waals surface area contributed by atoms with E-state index in [9.17, 15) is 8.42 Å². The number of hydrogen-bond acceptors (Lipinski definition) is 5. The van der Waals surface area contributed by atoms with Crippen molar-refractivity contribution < 1.29 is 8.42 Å². The second-order valence-electron chi connectivity index (χ2n) is 5.58. The largest absolute Gasteiger partial charge is 0.318 e. The molecule has 1 aromatic heterocycles. The van der Waals surface area contributed by atoms with Crippen LogP contribution in [0, 0.1) is 0 Å². The Kier molecular flexibility index (Phi) is 4.70. The molecule has 122 valence electrons. The fraction of sp³-hybridized carbons (Fsp3) is 0.375. The van der Waals surface area contributed by atoms with Crippen LogP contribution in [0.25, 0.3) is 11.4 Å². The number of nitrogens with zero attached hydrogens (tertiary/aromatic N) is 3. The van der Waals surface area contributed by atoms with Crippen molar-refractivity contribution in [2.24, 2.45) is 0 Å².